The average molecular weight is 712 g/mol. The van der Waals surface area contributed by atoms with Crippen molar-refractivity contribution < 1.29 is 0 Å². The van der Waals surface area contributed by atoms with Crippen molar-refractivity contribution in [2.24, 2.45) is 0 Å². The van der Waals surface area contributed by atoms with Crippen LogP contribution in [-0.4, -0.2) is 9.55 Å². The van der Waals surface area contributed by atoms with Gasteiger partial charge in [-0.1, -0.05) is 146 Å². The SMILES string of the molecule is c1ccc(N2c3ccccc3-n3c(-c4ccc5c(-c6ccc7ccccc7c6)c6ccccc6c(-c6ccc7ccccc7c6)c5c4)nc4cccc2c43)cc1. The van der Waals surface area contributed by atoms with Crippen LogP contribution < -0.4 is 4.90 Å². The minimum absolute atomic E-state index is 0.930. The molecule has 0 N–H and O–H groups in total. The van der Waals surface area contributed by atoms with E-state index < -0.39 is 0 Å². The number of aromatic nitrogens is 2. The number of hydrogen-bond donors (Lipinski definition) is 0. The first-order valence-corrected chi connectivity index (χ1v) is 19.2. The summed E-state index contributed by atoms with van der Waals surface area (Å²) in [6.45, 7) is 0. The van der Waals surface area contributed by atoms with Crippen LogP contribution in [0.1, 0.15) is 0 Å². The molecule has 0 unspecified atom stereocenters. The highest BCUT2D eigenvalue weighted by atomic mass is 15.2. The summed E-state index contributed by atoms with van der Waals surface area (Å²) in [5.74, 6) is 0.930. The Morgan fingerprint density at radius 3 is 1.57 bits per heavy atom. The Hall–Kier alpha value is -7.49. The van der Waals surface area contributed by atoms with E-state index in [4.69, 9.17) is 4.98 Å². The lowest BCUT2D eigenvalue weighted by molar-refractivity contribution is 1.06. The van der Waals surface area contributed by atoms with Crippen molar-refractivity contribution in [3.63, 3.8) is 0 Å². The first-order valence-electron chi connectivity index (χ1n) is 19.2. The van der Waals surface area contributed by atoms with Gasteiger partial charge in [-0.25, -0.2) is 4.98 Å². The second kappa shape index (κ2) is 12.0. The molecule has 0 aliphatic carbocycles. The highest BCUT2D eigenvalue weighted by molar-refractivity contribution is 6.22. The van der Waals surface area contributed by atoms with Crippen LogP contribution in [0, 0.1) is 0 Å². The number of rotatable bonds is 4. The molecule has 1 aliphatic heterocycles. The Morgan fingerprint density at radius 1 is 0.339 bits per heavy atom. The second-order valence-electron chi connectivity index (χ2n) is 14.8. The molecule has 0 fully saturated rings. The van der Waals surface area contributed by atoms with E-state index in [1.807, 2.05) is 0 Å². The topological polar surface area (TPSA) is 21.1 Å². The fourth-order valence-electron chi connectivity index (χ4n) is 9.17. The van der Waals surface area contributed by atoms with Gasteiger partial charge in [0.2, 0.25) is 0 Å². The van der Waals surface area contributed by atoms with Gasteiger partial charge in [0.15, 0.2) is 0 Å². The predicted octanol–water partition coefficient (Wildman–Crippen LogP) is 14.4. The van der Waals surface area contributed by atoms with Crippen LogP contribution in [-0.2, 0) is 0 Å². The van der Waals surface area contributed by atoms with Crippen molar-refractivity contribution in [3.05, 3.63) is 200 Å². The van der Waals surface area contributed by atoms with Gasteiger partial charge < -0.3 is 4.90 Å². The molecule has 12 rings (SSSR count). The summed E-state index contributed by atoms with van der Waals surface area (Å²) < 4.78 is 2.38. The standard InChI is InChI=1S/C53H33N3/c1-2-17-41(18-3-1)55-47-22-10-11-23-48(47)56-52-46(21-12-24-49(52)55)54-53(56)40-29-30-44-45(33-40)51(39-28-26-35-14-5-7-16-37(35)32-39)43-20-9-8-19-42(43)50(44)38-27-25-34-13-4-6-15-36(34)31-38/h1-33H. The largest absolute Gasteiger partial charge is 0.306 e. The zero-order valence-electron chi connectivity index (χ0n) is 30.4. The smallest absolute Gasteiger partial charge is 0.145 e. The van der Waals surface area contributed by atoms with Gasteiger partial charge in [0, 0.05) is 11.3 Å². The van der Waals surface area contributed by atoms with E-state index in [2.05, 4.69) is 210 Å². The van der Waals surface area contributed by atoms with E-state index in [-0.39, 0.29) is 0 Å². The third-order valence-electron chi connectivity index (χ3n) is 11.6. The van der Waals surface area contributed by atoms with Crippen molar-refractivity contribution in [3.8, 4) is 39.3 Å². The maximum absolute atomic E-state index is 5.45. The van der Waals surface area contributed by atoms with Crippen molar-refractivity contribution in [2.75, 3.05) is 4.90 Å². The molecule has 1 aromatic heterocycles. The van der Waals surface area contributed by atoms with Crippen LogP contribution in [0.2, 0.25) is 0 Å². The molecule has 0 spiro atoms. The number of nitrogens with zero attached hydrogens (tertiary/aromatic N) is 3. The van der Waals surface area contributed by atoms with Crippen LogP contribution in [0.5, 0.6) is 0 Å². The zero-order chi connectivity index (χ0) is 36.7. The molecule has 0 amide bonds. The van der Waals surface area contributed by atoms with Gasteiger partial charge in [-0.15, -0.1) is 0 Å². The molecule has 0 bridgehead atoms. The van der Waals surface area contributed by atoms with Crippen LogP contribution in [0.3, 0.4) is 0 Å². The lowest BCUT2D eigenvalue weighted by Gasteiger charge is -2.32. The van der Waals surface area contributed by atoms with E-state index in [9.17, 15) is 0 Å². The van der Waals surface area contributed by atoms with Gasteiger partial charge in [0.05, 0.1) is 28.1 Å². The maximum atomic E-state index is 5.45. The van der Waals surface area contributed by atoms with Crippen LogP contribution >= 0.6 is 0 Å². The molecule has 2 heterocycles. The van der Waals surface area contributed by atoms with Gasteiger partial charge in [-0.3, -0.25) is 4.57 Å². The molecular formula is C53H33N3. The summed E-state index contributed by atoms with van der Waals surface area (Å²) in [5.41, 5.74) is 12.5. The summed E-state index contributed by atoms with van der Waals surface area (Å²) in [6.07, 6.45) is 0. The second-order valence-corrected chi connectivity index (χ2v) is 14.8. The molecule has 3 nitrogen and oxygen atoms in total. The maximum Gasteiger partial charge on any atom is 0.145 e. The first-order chi connectivity index (χ1) is 27.8. The number of imidazole rings is 1. The Balaban J connectivity index is 1.18. The first kappa shape index (κ1) is 30.9. The summed E-state index contributed by atoms with van der Waals surface area (Å²) in [6, 6.07) is 72.8. The summed E-state index contributed by atoms with van der Waals surface area (Å²) in [4.78, 5) is 7.81. The lowest BCUT2D eigenvalue weighted by atomic mass is 9.84. The Labute approximate surface area is 324 Å². The van der Waals surface area contributed by atoms with Gasteiger partial charge in [0.25, 0.3) is 0 Å². The monoisotopic (exact) mass is 711 g/mol. The van der Waals surface area contributed by atoms with Gasteiger partial charge in [-0.2, -0.15) is 0 Å². The van der Waals surface area contributed by atoms with E-state index in [0.29, 0.717) is 0 Å². The van der Waals surface area contributed by atoms with Crippen molar-refractivity contribution in [1.82, 2.24) is 9.55 Å². The Morgan fingerprint density at radius 2 is 0.875 bits per heavy atom. The molecule has 11 aromatic rings. The Bertz CT molecular complexity index is 3380. The molecule has 260 valence electrons. The predicted molar refractivity (Wildman–Crippen MR) is 236 cm³/mol. The number of hydrogen-bond acceptors (Lipinski definition) is 2. The number of para-hydroxylation sites is 4. The highest BCUT2D eigenvalue weighted by Crippen LogP contribution is 2.50. The van der Waals surface area contributed by atoms with Crippen molar-refractivity contribution in [1.29, 1.82) is 0 Å². The quantitative estimate of drug-likeness (QED) is 0.170. The zero-order valence-corrected chi connectivity index (χ0v) is 30.4. The summed E-state index contributed by atoms with van der Waals surface area (Å²) in [5, 5.41) is 9.84. The molecule has 10 aromatic carbocycles. The molecule has 1 aliphatic rings. The van der Waals surface area contributed by atoms with Gasteiger partial charge in [0.1, 0.15) is 5.82 Å². The van der Waals surface area contributed by atoms with E-state index in [0.717, 1.165) is 45.2 Å². The molecule has 56 heavy (non-hydrogen) atoms. The van der Waals surface area contributed by atoms with Gasteiger partial charge >= 0.3 is 0 Å². The molecule has 3 heteroatoms. The van der Waals surface area contributed by atoms with Crippen LogP contribution in [0.15, 0.2) is 200 Å². The van der Waals surface area contributed by atoms with Gasteiger partial charge in [-0.05, 0) is 120 Å². The lowest BCUT2D eigenvalue weighted by Crippen LogP contribution is -2.18. The van der Waals surface area contributed by atoms with E-state index in [1.54, 1.807) is 0 Å². The molecule has 0 atom stereocenters. The minimum atomic E-state index is 0.930. The third-order valence-corrected chi connectivity index (χ3v) is 11.6. The fourth-order valence-corrected chi connectivity index (χ4v) is 9.17. The van der Waals surface area contributed by atoms with Crippen LogP contribution in [0.4, 0.5) is 17.1 Å². The normalized spacial score (nSPS) is 12.2. The fraction of sp³-hybridized carbons (Fsp3) is 0. The number of anilines is 3. The average Bonchev–Trinajstić information content (AvgIpc) is 3.66. The molecule has 0 saturated heterocycles. The van der Waals surface area contributed by atoms with Crippen LogP contribution in [0.25, 0.3) is 93.5 Å². The van der Waals surface area contributed by atoms with E-state index >= 15 is 0 Å². The Kier molecular flexibility index (Phi) is 6.63. The third kappa shape index (κ3) is 4.55. The molecular weight excluding hydrogens is 679 g/mol. The minimum Gasteiger partial charge on any atom is -0.306 e. The van der Waals surface area contributed by atoms with Crippen molar-refractivity contribution in [2.45, 2.75) is 0 Å². The van der Waals surface area contributed by atoms with Crippen molar-refractivity contribution >= 4 is 71.2 Å². The summed E-state index contributed by atoms with van der Waals surface area (Å²) in [7, 11) is 0. The van der Waals surface area contributed by atoms with E-state index in [1.165, 1.54) is 65.3 Å². The summed E-state index contributed by atoms with van der Waals surface area (Å²) >= 11 is 0. The number of benzene rings is 10. The molecule has 0 radical (unpaired) electrons. The highest BCUT2D eigenvalue weighted by Gasteiger charge is 2.29. The molecule has 0 saturated carbocycles. The number of fused-ring (bicyclic) bond motifs is 6.